The Morgan fingerprint density at radius 1 is 1.18 bits per heavy atom. The van der Waals surface area contributed by atoms with Crippen molar-refractivity contribution in [3.05, 3.63) is 0 Å². The minimum absolute atomic E-state index is 0.143. The van der Waals surface area contributed by atoms with Gasteiger partial charge in [0.2, 0.25) is 0 Å². The van der Waals surface area contributed by atoms with Crippen LogP contribution in [0.5, 0.6) is 0 Å². The number of nitrogens with two attached hydrogens (primary N) is 1. The summed E-state index contributed by atoms with van der Waals surface area (Å²) in [7, 11) is 3.37. The molecule has 4 nitrogen and oxygen atoms in total. The van der Waals surface area contributed by atoms with Crippen molar-refractivity contribution >= 4 is 0 Å². The molecular weight excluding hydrogens is 216 g/mol. The van der Waals surface area contributed by atoms with E-state index in [0.717, 1.165) is 31.3 Å². The Bertz CT molecular complexity index is 200. The van der Waals surface area contributed by atoms with Crippen molar-refractivity contribution < 1.29 is 9.47 Å². The van der Waals surface area contributed by atoms with Gasteiger partial charge in [0.25, 0.3) is 0 Å². The first-order chi connectivity index (χ1) is 8.10. The highest BCUT2D eigenvalue weighted by molar-refractivity contribution is 4.81. The number of methoxy groups -OCH3 is 2. The highest BCUT2D eigenvalue weighted by atomic mass is 16.7. The van der Waals surface area contributed by atoms with Gasteiger partial charge in [0, 0.05) is 46.3 Å². The minimum atomic E-state index is -0.143. The van der Waals surface area contributed by atoms with E-state index in [4.69, 9.17) is 15.2 Å². The van der Waals surface area contributed by atoms with Gasteiger partial charge in [0.05, 0.1) is 0 Å². The molecule has 1 heterocycles. The van der Waals surface area contributed by atoms with Crippen LogP contribution in [0, 0.1) is 11.8 Å². The van der Waals surface area contributed by atoms with E-state index < -0.39 is 0 Å². The Morgan fingerprint density at radius 3 is 2.12 bits per heavy atom. The van der Waals surface area contributed by atoms with E-state index in [1.807, 2.05) is 0 Å². The van der Waals surface area contributed by atoms with Crippen LogP contribution in [0.25, 0.3) is 0 Å². The van der Waals surface area contributed by atoms with Gasteiger partial charge in [-0.15, -0.1) is 0 Å². The van der Waals surface area contributed by atoms with Crippen molar-refractivity contribution in [1.29, 1.82) is 0 Å². The van der Waals surface area contributed by atoms with Crippen molar-refractivity contribution in [2.24, 2.45) is 17.6 Å². The number of hydrogen-bond donors (Lipinski definition) is 1. The Hall–Kier alpha value is -0.160. The Morgan fingerprint density at radius 2 is 1.71 bits per heavy atom. The molecule has 0 aromatic rings. The second-order valence-corrected chi connectivity index (χ2v) is 5.43. The molecular formula is C13H28N2O2. The second kappa shape index (κ2) is 7.31. The highest BCUT2D eigenvalue weighted by Crippen LogP contribution is 2.24. The molecule has 4 heteroatoms. The summed E-state index contributed by atoms with van der Waals surface area (Å²) in [4.78, 5) is 2.50. The van der Waals surface area contributed by atoms with E-state index in [9.17, 15) is 0 Å². The summed E-state index contributed by atoms with van der Waals surface area (Å²) in [5.41, 5.74) is 5.90. The molecule has 3 unspecified atom stereocenters. The number of rotatable bonds is 6. The summed E-state index contributed by atoms with van der Waals surface area (Å²) >= 11 is 0. The van der Waals surface area contributed by atoms with E-state index in [1.165, 1.54) is 6.42 Å². The molecule has 0 aliphatic carbocycles. The van der Waals surface area contributed by atoms with Gasteiger partial charge in [-0.1, -0.05) is 13.8 Å². The number of nitrogens with zero attached hydrogens (tertiary/aromatic N) is 1. The molecule has 17 heavy (non-hydrogen) atoms. The SMILES string of the molecule is COC(CC(CN)N1CC(C)CC(C)C1)OC. The summed E-state index contributed by atoms with van der Waals surface area (Å²) in [5, 5.41) is 0. The molecule has 1 aliphatic rings. The van der Waals surface area contributed by atoms with Crippen LogP contribution in [0.2, 0.25) is 0 Å². The third-order valence-corrected chi connectivity index (χ3v) is 3.68. The molecule has 0 aromatic heterocycles. The van der Waals surface area contributed by atoms with Crippen LogP contribution in [0.3, 0.4) is 0 Å². The molecule has 1 rings (SSSR count). The predicted octanol–water partition coefficient (Wildman–Crippen LogP) is 1.30. The fourth-order valence-corrected chi connectivity index (χ4v) is 2.91. The summed E-state index contributed by atoms with van der Waals surface area (Å²) < 4.78 is 10.5. The molecule has 1 fully saturated rings. The van der Waals surface area contributed by atoms with Crippen LogP contribution in [-0.4, -0.2) is 51.1 Å². The average molecular weight is 244 g/mol. The zero-order valence-corrected chi connectivity index (χ0v) is 11.7. The molecule has 0 bridgehead atoms. The quantitative estimate of drug-likeness (QED) is 0.716. The van der Waals surface area contributed by atoms with Gasteiger partial charge >= 0.3 is 0 Å². The molecule has 0 radical (unpaired) electrons. The van der Waals surface area contributed by atoms with Crippen LogP contribution in [0.4, 0.5) is 0 Å². The van der Waals surface area contributed by atoms with Crippen LogP contribution >= 0.6 is 0 Å². The van der Waals surface area contributed by atoms with Crippen molar-refractivity contribution in [2.45, 2.75) is 39.0 Å². The highest BCUT2D eigenvalue weighted by Gasteiger charge is 2.28. The van der Waals surface area contributed by atoms with Gasteiger partial charge < -0.3 is 15.2 Å². The summed E-state index contributed by atoms with van der Waals surface area (Å²) in [6, 6.07) is 0.366. The Labute approximate surface area is 105 Å². The first kappa shape index (κ1) is 14.9. The van der Waals surface area contributed by atoms with Gasteiger partial charge in [-0.05, 0) is 18.3 Å². The third kappa shape index (κ3) is 4.54. The molecule has 0 amide bonds. The second-order valence-electron chi connectivity index (χ2n) is 5.43. The topological polar surface area (TPSA) is 47.7 Å². The van der Waals surface area contributed by atoms with E-state index in [-0.39, 0.29) is 6.29 Å². The Kier molecular flexibility index (Phi) is 6.41. The van der Waals surface area contributed by atoms with Crippen molar-refractivity contribution in [3.63, 3.8) is 0 Å². The number of hydrogen-bond acceptors (Lipinski definition) is 4. The molecule has 1 aliphatic heterocycles. The summed E-state index contributed by atoms with van der Waals surface area (Å²) in [6.07, 6.45) is 2.03. The van der Waals surface area contributed by atoms with E-state index in [0.29, 0.717) is 12.6 Å². The first-order valence-corrected chi connectivity index (χ1v) is 6.60. The molecule has 2 N–H and O–H groups in total. The first-order valence-electron chi connectivity index (χ1n) is 6.60. The van der Waals surface area contributed by atoms with Crippen molar-refractivity contribution in [2.75, 3.05) is 33.9 Å². The smallest absolute Gasteiger partial charge is 0.158 e. The van der Waals surface area contributed by atoms with Gasteiger partial charge in [-0.3, -0.25) is 4.90 Å². The maximum absolute atomic E-state index is 5.90. The zero-order chi connectivity index (χ0) is 12.8. The molecule has 1 saturated heterocycles. The number of ether oxygens (including phenoxy) is 2. The van der Waals surface area contributed by atoms with Gasteiger partial charge in [-0.2, -0.15) is 0 Å². The number of piperidine rings is 1. The zero-order valence-electron chi connectivity index (χ0n) is 11.7. The lowest BCUT2D eigenvalue weighted by molar-refractivity contribution is -0.118. The molecule has 3 atom stereocenters. The molecule has 102 valence electrons. The fourth-order valence-electron chi connectivity index (χ4n) is 2.91. The minimum Gasteiger partial charge on any atom is -0.356 e. The largest absolute Gasteiger partial charge is 0.356 e. The van der Waals surface area contributed by atoms with Crippen LogP contribution in [-0.2, 0) is 9.47 Å². The maximum atomic E-state index is 5.90. The Balaban J connectivity index is 2.53. The van der Waals surface area contributed by atoms with Gasteiger partial charge in [-0.25, -0.2) is 0 Å². The van der Waals surface area contributed by atoms with Crippen molar-refractivity contribution in [1.82, 2.24) is 4.90 Å². The monoisotopic (exact) mass is 244 g/mol. The van der Waals surface area contributed by atoms with Crippen molar-refractivity contribution in [3.8, 4) is 0 Å². The predicted molar refractivity (Wildman–Crippen MR) is 69.8 cm³/mol. The molecule has 0 aromatic carbocycles. The molecule has 0 saturated carbocycles. The lowest BCUT2D eigenvalue weighted by Gasteiger charge is -2.40. The normalized spacial score (nSPS) is 28.6. The van der Waals surface area contributed by atoms with Crippen LogP contribution in [0.15, 0.2) is 0 Å². The fraction of sp³-hybridized carbons (Fsp3) is 1.00. The molecule has 0 spiro atoms. The standard InChI is InChI=1S/C13H28N2O2/c1-10-5-11(2)9-15(8-10)12(7-14)6-13(16-3)17-4/h10-13H,5-9,14H2,1-4H3. The lowest BCUT2D eigenvalue weighted by Crippen LogP contribution is -2.49. The van der Waals surface area contributed by atoms with E-state index in [1.54, 1.807) is 14.2 Å². The van der Waals surface area contributed by atoms with Gasteiger partial charge in [0.1, 0.15) is 0 Å². The van der Waals surface area contributed by atoms with E-state index >= 15 is 0 Å². The lowest BCUT2D eigenvalue weighted by atomic mass is 9.90. The maximum Gasteiger partial charge on any atom is 0.158 e. The average Bonchev–Trinajstić information content (AvgIpc) is 2.29. The summed E-state index contributed by atoms with van der Waals surface area (Å²) in [6.45, 7) is 7.60. The van der Waals surface area contributed by atoms with Crippen LogP contribution in [0.1, 0.15) is 26.7 Å². The summed E-state index contributed by atoms with van der Waals surface area (Å²) in [5.74, 6) is 1.52. The number of likely N-dealkylation sites (tertiary alicyclic amines) is 1. The van der Waals surface area contributed by atoms with E-state index in [2.05, 4.69) is 18.7 Å². The van der Waals surface area contributed by atoms with Crippen LogP contribution < -0.4 is 5.73 Å². The third-order valence-electron chi connectivity index (χ3n) is 3.68. The van der Waals surface area contributed by atoms with Gasteiger partial charge in [0.15, 0.2) is 6.29 Å².